The molecule has 4 atom stereocenters. The number of pyridine rings is 1. The van der Waals surface area contributed by atoms with Crippen LogP contribution in [0.1, 0.15) is 37.7 Å². The molecule has 6 nitrogen and oxygen atoms in total. The molecule has 2 fully saturated rings. The molecule has 3 heterocycles. The first-order valence-corrected chi connectivity index (χ1v) is 11.5. The lowest BCUT2D eigenvalue weighted by molar-refractivity contribution is -0.0643. The van der Waals surface area contributed by atoms with Crippen molar-refractivity contribution in [2.24, 2.45) is 22.6 Å². The smallest absolute Gasteiger partial charge is 0.283 e. The summed E-state index contributed by atoms with van der Waals surface area (Å²) in [4.78, 5) is 9.13. The molecule has 0 amide bonds. The molecule has 2 saturated carbocycles. The molecule has 2 aliphatic heterocycles. The van der Waals surface area contributed by atoms with E-state index in [9.17, 15) is 0 Å². The minimum absolute atomic E-state index is 0.0882. The van der Waals surface area contributed by atoms with Crippen molar-refractivity contribution in [2.45, 2.75) is 49.9 Å². The highest BCUT2D eigenvalue weighted by Crippen LogP contribution is 2.53. The normalized spacial score (nSPS) is 31.4. The minimum atomic E-state index is -0.550. The van der Waals surface area contributed by atoms with Crippen LogP contribution < -0.4 is 10.5 Å². The summed E-state index contributed by atoms with van der Waals surface area (Å²) < 4.78 is 18.5. The van der Waals surface area contributed by atoms with Crippen LogP contribution in [0.4, 0.5) is 0 Å². The summed E-state index contributed by atoms with van der Waals surface area (Å²) in [7, 11) is 0. The fraction of sp³-hybridized carbons (Fsp3) is 0.500. The van der Waals surface area contributed by atoms with Gasteiger partial charge in [-0.2, -0.15) is 0 Å². The Morgan fingerprint density at radius 2 is 2.03 bits per heavy atom. The van der Waals surface area contributed by atoms with Crippen molar-refractivity contribution in [3.63, 3.8) is 0 Å². The van der Waals surface area contributed by atoms with Crippen molar-refractivity contribution in [3.05, 3.63) is 47.2 Å². The van der Waals surface area contributed by atoms with Gasteiger partial charge in [-0.1, -0.05) is 17.7 Å². The molecule has 31 heavy (non-hydrogen) atoms. The van der Waals surface area contributed by atoms with Crippen LogP contribution in [0.2, 0.25) is 5.02 Å². The van der Waals surface area contributed by atoms with Crippen molar-refractivity contribution in [1.82, 2.24) is 4.98 Å². The van der Waals surface area contributed by atoms with Gasteiger partial charge >= 0.3 is 0 Å². The van der Waals surface area contributed by atoms with E-state index in [2.05, 4.69) is 11.1 Å². The average molecular weight is 440 g/mol. The molecule has 162 valence electrons. The quantitative estimate of drug-likeness (QED) is 0.768. The first-order chi connectivity index (χ1) is 15.1. The first kappa shape index (κ1) is 19.4. The summed E-state index contributed by atoms with van der Waals surface area (Å²) in [6, 6.07) is 8.39. The van der Waals surface area contributed by atoms with Crippen molar-refractivity contribution in [1.29, 1.82) is 0 Å². The van der Waals surface area contributed by atoms with E-state index < -0.39 is 5.54 Å². The SMILES string of the molecule is NC1=N[C@@]2(CO1)c1cc(-c3cncc(Cl)c3)ccc1OC1CC[C@H](OCC3CC3)CC12. The van der Waals surface area contributed by atoms with Gasteiger partial charge in [-0.3, -0.25) is 4.98 Å². The van der Waals surface area contributed by atoms with Gasteiger partial charge in [-0.05, 0) is 61.8 Å². The van der Waals surface area contributed by atoms with E-state index >= 15 is 0 Å². The molecule has 2 N–H and O–H groups in total. The van der Waals surface area contributed by atoms with Gasteiger partial charge in [0, 0.05) is 36.0 Å². The molecule has 0 radical (unpaired) electrons. The molecule has 1 aromatic carbocycles. The topological polar surface area (TPSA) is 79.0 Å². The standard InChI is InChI=1S/C24H26ClN3O3/c25-17-7-16(10-27-11-17)15-3-5-21-19(8-15)24(13-30-23(26)28-24)20-9-18(4-6-22(20)31-21)29-12-14-1-2-14/h3,5,7-8,10-11,14,18,20,22H,1-2,4,6,9,12-13H2,(H2,26,28)/t18-,20?,22?,24-/m0/s1. The third-order valence-corrected chi connectivity index (χ3v) is 7.34. The molecule has 2 aliphatic carbocycles. The zero-order chi connectivity index (χ0) is 21.0. The van der Waals surface area contributed by atoms with Crippen LogP contribution >= 0.6 is 11.6 Å². The Hall–Kier alpha value is -2.31. The zero-order valence-electron chi connectivity index (χ0n) is 17.3. The predicted octanol–water partition coefficient (Wildman–Crippen LogP) is 4.30. The van der Waals surface area contributed by atoms with E-state index in [0.29, 0.717) is 11.6 Å². The van der Waals surface area contributed by atoms with Crippen LogP contribution in [-0.2, 0) is 15.0 Å². The zero-order valence-corrected chi connectivity index (χ0v) is 18.1. The summed E-state index contributed by atoms with van der Waals surface area (Å²) >= 11 is 6.18. The molecule has 1 spiro atoms. The highest BCUT2D eigenvalue weighted by Gasteiger charge is 2.55. The summed E-state index contributed by atoms with van der Waals surface area (Å²) in [5.41, 5.74) is 8.51. The van der Waals surface area contributed by atoms with E-state index in [4.69, 9.17) is 36.5 Å². The Labute approximate surface area is 186 Å². The lowest BCUT2D eigenvalue weighted by Crippen LogP contribution is -2.52. The van der Waals surface area contributed by atoms with Crippen LogP contribution in [0.5, 0.6) is 5.75 Å². The maximum atomic E-state index is 6.50. The minimum Gasteiger partial charge on any atom is -0.490 e. The van der Waals surface area contributed by atoms with E-state index in [1.807, 2.05) is 24.4 Å². The molecule has 0 saturated heterocycles. The third-order valence-electron chi connectivity index (χ3n) is 7.13. The van der Waals surface area contributed by atoms with Gasteiger partial charge in [0.1, 0.15) is 24.0 Å². The maximum Gasteiger partial charge on any atom is 0.283 e. The van der Waals surface area contributed by atoms with Crippen molar-refractivity contribution < 1.29 is 14.2 Å². The van der Waals surface area contributed by atoms with E-state index in [0.717, 1.165) is 54.2 Å². The number of amidine groups is 1. The van der Waals surface area contributed by atoms with Gasteiger partial charge in [-0.15, -0.1) is 0 Å². The molecule has 4 aliphatic rings. The van der Waals surface area contributed by atoms with Gasteiger partial charge in [0.05, 0.1) is 11.1 Å². The second-order valence-electron chi connectivity index (χ2n) is 9.24. The van der Waals surface area contributed by atoms with Gasteiger partial charge in [0.15, 0.2) is 0 Å². The second-order valence-corrected chi connectivity index (χ2v) is 9.68. The summed E-state index contributed by atoms with van der Waals surface area (Å²) in [6.07, 6.45) is 9.26. The molecule has 0 bridgehead atoms. The van der Waals surface area contributed by atoms with Crippen LogP contribution in [-0.4, -0.2) is 36.4 Å². The molecule has 2 unspecified atom stereocenters. The molecular formula is C24H26ClN3O3. The summed E-state index contributed by atoms with van der Waals surface area (Å²) in [5, 5.41) is 0.607. The monoisotopic (exact) mass is 439 g/mol. The number of nitrogens with zero attached hydrogens (tertiary/aromatic N) is 2. The highest BCUT2D eigenvalue weighted by atomic mass is 35.5. The van der Waals surface area contributed by atoms with Gasteiger partial charge in [-0.25, -0.2) is 4.99 Å². The molecule has 6 rings (SSSR count). The van der Waals surface area contributed by atoms with Gasteiger partial charge in [0.2, 0.25) is 0 Å². The fourth-order valence-corrected chi connectivity index (χ4v) is 5.49. The number of ether oxygens (including phenoxy) is 3. The van der Waals surface area contributed by atoms with Crippen LogP contribution in [0.3, 0.4) is 0 Å². The number of rotatable bonds is 4. The molecule has 7 heteroatoms. The van der Waals surface area contributed by atoms with Crippen molar-refractivity contribution in [3.8, 4) is 16.9 Å². The van der Waals surface area contributed by atoms with Gasteiger partial charge < -0.3 is 19.9 Å². The van der Waals surface area contributed by atoms with Crippen molar-refractivity contribution in [2.75, 3.05) is 13.2 Å². The Morgan fingerprint density at radius 3 is 2.81 bits per heavy atom. The highest BCUT2D eigenvalue weighted by molar-refractivity contribution is 6.30. The van der Waals surface area contributed by atoms with E-state index in [1.54, 1.807) is 6.20 Å². The lowest BCUT2D eigenvalue weighted by atomic mass is 9.67. The number of nitrogens with two attached hydrogens (primary N) is 1. The lowest BCUT2D eigenvalue weighted by Gasteiger charge is -2.48. The fourth-order valence-electron chi connectivity index (χ4n) is 5.31. The number of benzene rings is 1. The van der Waals surface area contributed by atoms with Crippen molar-refractivity contribution >= 4 is 17.6 Å². The first-order valence-electron chi connectivity index (χ1n) is 11.1. The number of halogens is 1. The Balaban J connectivity index is 1.38. The largest absolute Gasteiger partial charge is 0.490 e. The molecular weight excluding hydrogens is 414 g/mol. The number of fused-ring (bicyclic) bond motifs is 4. The second kappa shape index (κ2) is 7.38. The van der Waals surface area contributed by atoms with Crippen LogP contribution in [0, 0.1) is 11.8 Å². The van der Waals surface area contributed by atoms with Crippen LogP contribution in [0.25, 0.3) is 11.1 Å². The van der Waals surface area contributed by atoms with E-state index in [1.165, 1.54) is 12.8 Å². The Bertz CT molecular complexity index is 1040. The van der Waals surface area contributed by atoms with Gasteiger partial charge in [0.25, 0.3) is 6.02 Å². The number of aromatic nitrogens is 1. The average Bonchev–Trinajstić information content (AvgIpc) is 3.53. The molecule has 2 aromatic rings. The van der Waals surface area contributed by atoms with E-state index in [-0.39, 0.29) is 24.1 Å². The number of aliphatic imine (C=N–C) groups is 1. The predicted molar refractivity (Wildman–Crippen MR) is 118 cm³/mol. The Morgan fingerprint density at radius 1 is 1.13 bits per heavy atom. The summed E-state index contributed by atoms with van der Waals surface area (Å²) in [6.45, 7) is 1.31. The van der Waals surface area contributed by atoms with Crippen LogP contribution in [0.15, 0.2) is 41.7 Å². The summed E-state index contributed by atoms with van der Waals surface area (Å²) in [5.74, 6) is 1.78. The number of hydrogen-bond donors (Lipinski definition) is 1. The maximum absolute atomic E-state index is 6.50. The molecule has 1 aromatic heterocycles. The number of hydrogen-bond acceptors (Lipinski definition) is 6. The Kier molecular flexibility index (Phi) is 4.62. The third kappa shape index (κ3) is 3.46.